The first-order chi connectivity index (χ1) is 13.9. The smallest absolute Gasteiger partial charge is 0.477 e. The minimum absolute atomic E-state index is 0.0295. The summed E-state index contributed by atoms with van der Waals surface area (Å²) in [6.07, 6.45) is -9.21. The van der Waals surface area contributed by atoms with Gasteiger partial charge in [0.05, 0.1) is 12.3 Å². The average molecular weight is 436 g/mol. The van der Waals surface area contributed by atoms with Gasteiger partial charge in [-0.3, -0.25) is 4.79 Å². The van der Waals surface area contributed by atoms with Crippen molar-refractivity contribution in [3.05, 3.63) is 35.5 Å². The van der Waals surface area contributed by atoms with Gasteiger partial charge in [0, 0.05) is 25.4 Å². The number of hydrogen-bond donors (Lipinski definition) is 1. The maximum absolute atomic E-state index is 13.2. The van der Waals surface area contributed by atoms with Crippen LogP contribution in [0.3, 0.4) is 0 Å². The minimum Gasteiger partial charge on any atom is -0.477 e. The lowest BCUT2D eigenvalue weighted by Gasteiger charge is -2.18. The Balaban J connectivity index is 2.10. The van der Waals surface area contributed by atoms with Crippen LogP contribution in [0.15, 0.2) is 24.4 Å². The zero-order valence-electron chi connectivity index (χ0n) is 15.3. The number of ether oxygens (including phenoxy) is 2. The monoisotopic (exact) mass is 436 g/mol. The number of carbonyl (C=O) groups is 1. The van der Waals surface area contributed by atoms with Gasteiger partial charge in [-0.2, -0.15) is 18.2 Å². The fraction of sp³-hybridized carbons (Fsp3) is 0.353. The quantitative estimate of drug-likeness (QED) is 0.682. The van der Waals surface area contributed by atoms with Crippen LogP contribution < -0.4 is 14.8 Å². The molecule has 3 rings (SSSR count). The van der Waals surface area contributed by atoms with Crippen molar-refractivity contribution in [2.45, 2.75) is 19.0 Å². The van der Waals surface area contributed by atoms with E-state index in [0.29, 0.717) is 6.20 Å². The number of nitrogens with zero attached hydrogens (tertiary/aromatic N) is 3. The maximum atomic E-state index is 13.2. The highest BCUT2D eigenvalue weighted by atomic mass is 19.4. The minimum atomic E-state index is -5.04. The normalized spacial score (nSPS) is 15.3. The Morgan fingerprint density at radius 3 is 2.60 bits per heavy atom. The standard InChI is InChI=1S/C17H14F6N4O3/c1-27-5-2-6-29-13-10(16(18,19)20)8-24-15(26-13)25-11-7-9(14(27)28)3-4-12(11)30-17(21,22)23/h3-4,7-8H,2,5-6H2,1H3,(H,24,25,26). The van der Waals surface area contributed by atoms with Gasteiger partial charge in [0.1, 0.15) is 5.56 Å². The third-order valence-electron chi connectivity index (χ3n) is 3.98. The number of rotatable bonds is 1. The number of hydrogen-bond acceptors (Lipinski definition) is 6. The molecule has 1 aliphatic rings. The predicted molar refractivity (Wildman–Crippen MR) is 90.5 cm³/mol. The summed E-state index contributed by atoms with van der Waals surface area (Å²) < 4.78 is 86.7. The largest absolute Gasteiger partial charge is 0.573 e. The van der Waals surface area contributed by atoms with Gasteiger partial charge in [-0.25, -0.2) is 4.98 Å². The van der Waals surface area contributed by atoms with E-state index in [1.165, 1.54) is 11.9 Å². The molecule has 0 saturated heterocycles. The van der Waals surface area contributed by atoms with Gasteiger partial charge in [0.15, 0.2) is 5.75 Å². The molecule has 1 aliphatic heterocycles. The van der Waals surface area contributed by atoms with E-state index >= 15 is 0 Å². The van der Waals surface area contributed by atoms with Crippen molar-refractivity contribution in [1.82, 2.24) is 14.9 Å². The summed E-state index contributed by atoms with van der Waals surface area (Å²) in [5, 5.41) is 2.36. The third kappa shape index (κ3) is 5.02. The number of amides is 1. The molecular formula is C17H14F6N4O3. The van der Waals surface area contributed by atoms with Crippen LogP contribution in [0.25, 0.3) is 0 Å². The van der Waals surface area contributed by atoms with Gasteiger partial charge in [0.2, 0.25) is 11.8 Å². The molecule has 7 nitrogen and oxygen atoms in total. The summed E-state index contributed by atoms with van der Waals surface area (Å²) in [5.74, 6) is -2.49. The van der Waals surface area contributed by atoms with Crippen LogP contribution in [-0.2, 0) is 6.18 Å². The Labute approximate surface area is 165 Å². The molecule has 0 aliphatic carbocycles. The summed E-state index contributed by atoms with van der Waals surface area (Å²) >= 11 is 0. The van der Waals surface area contributed by atoms with Crippen LogP contribution in [0.4, 0.5) is 38.0 Å². The van der Waals surface area contributed by atoms with Crippen molar-refractivity contribution in [3.8, 4) is 11.6 Å². The first-order valence-corrected chi connectivity index (χ1v) is 8.43. The van der Waals surface area contributed by atoms with Crippen molar-refractivity contribution in [2.24, 2.45) is 0 Å². The molecule has 1 aromatic carbocycles. The lowest BCUT2D eigenvalue weighted by molar-refractivity contribution is -0.274. The van der Waals surface area contributed by atoms with Crippen molar-refractivity contribution < 1.29 is 40.6 Å². The van der Waals surface area contributed by atoms with Crippen molar-refractivity contribution in [2.75, 3.05) is 25.5 Å². The SMILES string of the molecule is CN1CCCOc2nc(ncc2C(F)(F)F)Nc2cc(ccc2OC(F)(F)F)C1=O. The highest BCUT2D eigenvalue weighted by Crippen LogP contribution is 2.37. The number of anilines is 2. The zero-order valence-corrected chi connectivity index (χ0v) is 15.3. The molecule has 0 spiro atoms. The Hall–Kier alpha value is -3.25. The highest BCUT2D eigenvalue weighted by Gasteiger charge is 2.37. The summed E-state index contributed by atoms with van der Waals surface area (Å²) in [4.78, 5) is 20.9. The fourth-order valence-corrected chi connectivity index (χ4v) is 2.62. The number of carbonyl (C=O) groups excluding carboxylic acids is 1. The molecule has 1 aromatic heterocycles. The predicted octanol–water partition coefficient (Wildman–Crippen LogP) is 3.99. The van der Waals surface area contributed by atoms with E-state index in [2.05, 4.69) is 20.0 Å². The molecule has 0 atom stereocenters. The molecule has 1 N–H and O–H groups in total. The number of alkyl halides is 6. The van der Waals surface area contributed by atoms with Crippen LogP contribution in [0.2, 0.25) is 0 Å². The third-order valence-corrected chi connectivity index (χ3v) is 3.98. The number of halogens is 6. The van der Waals surface area contributed by atoms with Crippen LogP contribution in [-0.4, -0.2) is 47.3 Å². The molecule has 13 heteroatoms. The van der Waals surface area contributed by atoms with Gasteiger partial charge < -0.3 is 19.7 Å². The zero-order chi connectivity index (χ0) is 22.1. The van der Waals surface area contributed by atoms with Gasteiger partial charge in [-0.05, 0) is 24.6 Å². The molecule has 1 amide bonds. The van der Waals surface area contributed by atoms with Gasteiger partial charge in [-0.15, -0.1) is 13.2 Å². The summed E-state index contributed by atoms with van der Waals surface area (Å²) in [6, 6.07) is 3.12. The first-order valence-electron chi connectivity index (χ1n) is 8.43. The topological polar surface area (TPSA) is 76.6 Å². The maximum Gasteiger partial charge on any atom is 0.573 e. The number of fused-ring (bicyclic) bond motifs is 4. The molecule has 2 heterocycles. The van der Waals surface area contributed by atoms with E-state index in [1.54, 1.807) is 0 Å². The van der Waals surface area contributed by atoms with Crippen LogP contribution in [0.1, 0.15) is 22.3 Å². The Kier molecular flexibility index (Phi) is 5.63. The van der Waals surface area contributed by atoms with E-state index in [9.17, 15) is 31.1 Å². The molecule has 30 heavy (non-hydrogen) atoms. The summed E-state index contributed by atoms with van der Waals surface area (Å²) in [7, 11) is 1.44. The molecule has 2 aromatic rings. The fourth-order valence-electron chi connectivity index (χ4n) is 2.62. The van der Waals surface area contributed by atoms with E-state index in [-0.39, 0.29) is 30.8 Å². The first kappa shape index (κ1) is 21.5. The van der Waals surface area contributed by atoms with Crippen molar-refractivity contribution in [1.29, 1.82) is 0 Å². The molecule has 0 fully saturated rings. The molecule has 0 radical (unpaired) electrons. The Morgan fingerprint density at radius 2 is 1.93 bits per heavy atom. The lowest BCUT2D eigenvalue weighted by atomic mass is 10.1. The summed E-state index contributed by atoms with van der Waals surface area (Å²) in [6.45, 7) is -0.0567. The average Bonchev–Trinajstić information content (AvgIpc) is 2.63. The second kappa shape index (κ2) is 7.88. The second-order valence-corrected chi connectivity index (χ2v) is 6.22. The van der Waals surface area contributed by atoms with E-state index in [1.807, 2.05) is 0 Å². The van der Waals surface area contributed by atoms with E-state index in [4.69, 9.17) is 4.74 Å². The Bertz CT molecular complexity index is 948. The summed E-state index contributed by atoms with van der Waals surface area (Å²) in [5.41, 5.74) is -1.58. The second-order valence-electron chi connectivity index (χ2n) is 6.22. The van der Waals surface area contributed by atoms with E-state index < -0.39 is 41.6 Å². The van der Waals surface area contributed by atoms with Gasteiger partial charge >= 0.3 is 12.5 Å². The number of nitrogens with one attached hydrogen (secondary N) is 1. The molecular weight excluding hydrogens is 422 g/mol. The molecule has 162 valence electrons. The van der Waals surface area contributed by atoms with Crippen LogP contribution in [0, 0.1) is 0 Å². The molecule has 0 saturated carbocycles. The van der Waals surface area contributed by atoms with Crippen molar-refractivity contribution >= 4 is 17.5 Å². The van der Waals surface area contributed by atoms with Crippen LogP contribution in [0.5, 0.6) is 11.6 Å². The van der Waals surface area contributed by atoms with E-state index in [0.717, 1.165) is 18.2 Å². The van der Waals surface area contributed by atoms with Gasteiger partial charge in [-0.1, -0.05) is 0 Å². The van der Waals surface area contributed by atoms with Gasteiger partial charge in [0.25, 0.3) is 5.91 Å². The highest BCUT2D eigenvalue weighted by molar-refractivity contribution is 5.95. The van der Waals surface area contributed by atoms with Crippen LogP contribution >= 0.6 is 0 Å². The lowest BCUT2D eigenvalue weighted by Crippen LogP contribution is -2.28. The molecule has 0 unspecified atom stereocenters. The number of aromatic nitrogens is 2. The molecule has 4 bridgehead atoms. The Morgan fingerprint density at radius 1 is 1.20 bits per heavy atom. The number of benzene rings is 1. The van der Waals surface area contributed by atoms with Crippen molar-refractivity contribution in [3.63, 3.8) is 0 Å².